The largest absolute Gasteiger partial charge is 0.319 e. The van der Waals surface area contributed by atoms with Gasteiger partial charge in [0.05, 0.1) is 0 Å². The number of hydrogen-bond donors (Lipinski definition) is 1. The van der Waals surface area contributed by atoms with Gasteiger partial charge in [-0.2, -0.15) is 0 Å². The molecule has 0 unspecified atom stereocenters. The highest BCUT2D eigenvalue weighted by molar-refractivity contribution is 7.99. The van der Waals surface area contributed by atoms with Crippen LogP contribution in [-0.4, -0.2) is 19.3 Å². The van der Waals surface area contributed by atoms with Crippen molar-refractivity contribution in [3.05, 3.63) is 29.8 Å². The summed E-state index contributed by atoms with van der Waals surface area (Å²) in [6.45, 7) is 3.22. The molecule has 0 atom stereocenters. The van der Waals surface area contributed by atoms with Crippen LogP contribution in [0.4, 0.5) is 0 Å². The molecule has 0 saturated heterocycles. The maximum absolute atomic E-state index is 3.14. The summed E-state index contributed by atoms with van der Waals surface area (Å²) in [5.41, 5.74) is 1.37. The van der Waals surface area contributed by atoms with Gasteiger partial charge in [-0.3, -0.25) is 0 Å². The van der Waals surface area contributed by atoms with Crippen LogP contribution < -0.4 is 5.32 Å². The van der Waals surface area contributed by atoms with Crippen molar-refractivity contribution in [3.8, 4) is 0 Å². The van der Waals surface area contributed by atoms with Crippen LogP contribution in [0, 0.1) is 6.92 Å². The van der Waals surface area contributed by atoms with Crippen LogP contribution in [0.25, 0.3) is 0 Å². The second-order valence-corrected chi connectivity index (χ2v) is 3.85. The van der Waals surface area contributed by atoms with Crippen LogP contribution in [0.1, 0.15) is 5.56 Å². The zero-order valence-corrected chi connectivity index (χ0v) is 8.45. The lowest BCUT2D eigenvalue weighted by atomic mass is 10.2. The molecule has 1 nitrogen and oxygen atoms in total. The normalized spacial score (nSPS) is 10.2. The SMILES string of the molecule is CNCCSc1ccccc1C. The number of benzene rings is 1. The summed E-state index contributed by atoms with van der Waals surface area (Å²) >= 11 is 1.91. The molecule has 1 aromatic carbocycles. The fourth-order valence-corrected chi connectivity index (χ4v) is 1.98. The molecule has 0 amide bonds. The van der Waals surface area contributed by atoms with Gasteiger partial charge < -0.3 is 5.32 Å². The molecule has 0 heterocycles. The number of nitrogens with one attached hydrogen (secondary N) is 1. The van der Waals surface area contributed by atoms with Crippen LogP contribution in [0.5, 0.6) is 0 Å². The molecule has 0 aliphatic carbocycles. The Morgan fingerprint density at radius 2 is 2.08 bits per heavy atom. The van der Waals surface area contributed by atoms with Crippen LogP contribution in [-0.2, 0) is 0 Å². The van der Waals surface area contributed by atoms with E-state index < -0.39 is 0 Å². The summed E-state index contributed by atoms with van der Waals surface area (Å²) in [5.74, 6) is 1.14. The first-order valence-corrected chi connectivity index (χ1v) is 5.16. The Balaban J connectivity index is 2.46. The Labute approximate surface area is 78.6 Å². The van der Waals surface area contributed by atoms with E-state index >= 15 is 0 Å². The lowest BCUT2D eigenvalue weighted by Gasteiger charge is -2.03. The minimum Gasteiger partial charge on any atom is -0.319 e. The average Bonchev–Trinajstić information content (AvgIpc) is 2.09. The van der Waals surface area contributed by atoms with Crippen molar-refractivity contribution in [1.82, 2.24) is 5.32 Å². The second-order valence-electron chi connectivity index (χ2n) is 2.72. The summed E-state index contributed by atoms with van der Waals surface area (Å²) in [6.07, 6.45) is 0. The topological polar surface area (TPSA) is 12.0 Å². The third-order valence-electron chi connectivity index (χ3n) is 1.70. The number of hydrogen-bond acceptors (Lipinski definition) is 2. The van der Waals surface area contributed by atoms with E-state index in [9.17, 15) is 0 Å². The van der Waals surface area contributed by atoms with Gasteiger partial charge in [0, 0.05) is 17.2 Å². The van der Waals surface area contributed by atoms with E-state index in [0.717, 1.165) is 12.3 Å². The standard InChI is InChI=1S/C10H15NS/c1-9-5-3-4-6-10(9)12-8-7-11-2/h3-6,11H,7-8H2,1-2H3. The zero-order chi connectivity index (χ0) is 8.81. The van der Waals surface area contributed by atoms with Gasteiger partial charge >= 0.3 is 0 Å². The lowest BCUT2D eigenvalue weighted by molar-refractivity contribution is 0.871. The van der Waals surface area contributed by atoms with Gasteiger partial charge in [-0.1, -0.05) is 18.2 Å². The molecule has 66 valence electrons. The molecule has 0 aliphatic rings. The van der Waals surface area contributed by atoms with Crippen LogP contribution >= 0.6 is 11.8 Å². The van der Waals surface area contributed by atoms with Gasteiger partial charge in [0.2, 0.25) is 0 Å². The van der Waals surface area contributed by atoms with Crippen molar-refractivity contribution in [3.63, 3.8) is 0 Å². The molecule has 0 radical (unpaired) electrons. The van der Waals surface area contributed by atoms with Gasteiger partial charge in [0.25, 0.3) is 0 Å². The third-order valence-corrected chi connectivity index (χ3v) is 2.88. The minimum atomic E-state index is 1.07. The van der Waals surface area contributed by atoms with E-state index in [1.807, 2.05) is 18.8 Å². The molecular formula is C10H15NS. The van der Waals surface area contributed by atoms with Crippen molar-refractivity contribution in [2.45, 2.75) is 11.8 Å². The fraction of sp³-hybridized carbons (Fsp3) is 0.400. The predicted molar refractivity (Wildman–Crippen MR) is 55.8 cm³/mol. The van der Waals surface area contributed by atoms with Gasteiger partial charge in [-0.15, -0.1) is 11.8 Å². The van der Waals surface area contributed by atoms with Crippen LogP contribution in [0.3, 0.4) is 0 Å². The Bertz CT molecular complexity index is 235. The maximum Gasteiger partial charge on any atom is 0.0105 e. The number of thioether (sulfide) groups is 1. The smallest absolute Gasteiger partial charge is 0.0105 e. The Hall–Kier alpha value is -0.470. The molecule has 0 aromatic heterocycles. The number of aryl methyl sites for hydroxylation is 1. The van der Waals surface area contributed by atoms with E-state index in [-0.39, 0.29) is 0 Å². The highest BCUT2D eigenvalue weighted by Crippen LogP contribution is 2.20. The maximum atomic E-state index is 3.14. The first-order valence-electron chi connectivity index (χ1n) is 4.17. The molecule has 1 N–H and O–H groups in total. The molecule has 0 spiro atoms. The Kier molecular flexibility index (Phi) is 4.19. The summed E-state index contributed by atoms with van der Waals surface area (Å²) in [6, 6.07) is 8.50. The van der Waals surface area contributed by atoms with Crippen molar-refractivity contribution < 1.29 is 0 Å². The van der Waals surface area contributed by atoms with E-state index in [2.05, 4.69) is 36.5 Å². The van der Waals surface area contributed by atoms with Gasteiger partial charge in [-0.05, 0) is 25.6 Å². The van der Waals surface area contributed by atoms with Crippen molar-refractivity contribution in [1.29, 1.82) is 0 Å². The zero-order valence-electron chi connectivity index (χ0n) is 7.63. The fourth-order valence-electron chi connectivity index (χ4n) is 0.981. The lowest BCUT2D eigenvalue weighted by Crippen LogP contribution is -2.09. The van der Waals surface area contributed by atoms with Gasteiger partial charge in [0.1, 0.15) is 0 Å². The first kappa shape index (κ1) is 9.62. The van der Waals surface area contributed by atoms with Gasteiger partial charge in [0.15, 0.2) is 0 Å². The minimum absolute atomic E-state index is 1.07. The molecular weight excluding hydrogens is 166 g/mol. The van der Waals surface area contributed by atoms with Crippen molar-refractivity contribution in [2.24, 2.45) is 0 Å². The van der Waals surface area contributed by atoms with Crippen molar-refractivity contribution >= 4 is 11.8 Å². The highest BCUT2D eigenvalue weighted by atomic mass is 32.2. The molecule has 1 rings (SSSR count). The summed E-state index contributed by atoms with van der Waals surface area (Å²) in [5, 5.41) is 3.14. The summed E-state index contributed by atoms with van der Waals surface area (Å²) in [4.78, 5) is 1.40. The first-order chi connectivity index (χ1) is 5.84. The van der Waals surface area contributed by atoms with E-state index in [0.29, 0.717) is 0 Å². The predicted octanol–water partition coefficient (Wildman–Crippen LogP) is 2.31. The molecule has 12 heavy (non-hydrogen) atoms. The summed E-state index contributed by atoms with van der Waals surface area (Å²) < 4.78 is 0. The summed E-state index contributed by atoms with van der Waals surface area (Å²) in [7, 11) is 1.98. The molecule has 2 heteroatoms. The van der Waals surface area contributed by atoms with E-state index in [4.69, 9.17) is 0 Å². The van der Waals surface area contributed by atoms with E-state index in [1.165, 1.54) is 10.5 Å². The van der Waals surface area contributed by atoms with Crippen molar-refractivity contribution in [2.75, 3.05) is 19.3 Å². The monoisotopic (exact) mass is 181 g/mol. The molecule has 1 aromatic rings. The van der Waals surface area contributed by atoms with Gasteiger partial charge in [-0.25, -0.2) is 0 Å². The Morgan fingerprint density at radius 1 is 1.33 bits per heavy atom. The molecule has 0 bridgehead atoms. The Morgan fingerprint density at radius 3 is 2.75 bits per heavy atom. The molecule has 0 saturated carbocycles. The number of rotatable bonds is 4. The average molecular weight is 181 g/mol. The van der Waals surface area contributed by atoms with Crippen LogP contribution in [0.2, 0.25) is 0 Å². The third kappa shape index (κ3) is 2.88. The quantitative estimate of drug-likeness (QED) is 0.565. The highest BCUT2D eigenvalue weighted by Gasteiger charge is 1.95. The van der Waals surface area contributed by atoms with E-state index in [1.54, 1.807) is 0 Å². The second kappa shape index (κ2) is 5.22. The van der Waals surface area contributed by atoms with Crippen LogP contribution in [0.15, 0.2) is 29.2 Å². The molecule has 0 fully saturated rings. The molecule has 0 aliphatic heterocycles.